The van der Waals surface area contributed by atoms with E-state index in [0.717, 1.165) is 11.1 Å². The summed E-state index contributed by atoms with van der Waals surface area (Å²) in [7, 11) is -3.55. The molecule has 0 radical (unpaired) electrons. The number of aryl methyl sites for hydroxylation is 2. The van der Waals surface area contributed by atoms with Crippen LogP contribution in [-0.4, -0.2) is 19.3 Å². The Balaban J connectivity index is 1.47. The van der Waals surface area contributed by atoms with Crippen LogP contribution >= 0.6 is 0 Å². The van der Waals surface area contributed by atoms with Crippen LogP contribution in [0.15, 0.2) is 88.2 Å². The number of amides is 1. The minimum Gasteiger partial charge on any atom is -0.441 e. The Labute approximate surface area is 199 Å². The van der Waals surface area contributed by atoms with E-state index in [0.29, 0.717) is 28.5 Å². The van der Waals surface area contributed by atoms with E-state index in [9.17, 15) is 13.2 Å². The highest BCUT2D eigenvalue weighted by Crippen LogP contribution is 2.25. The van der Waals surface area contributed by atoms with Gasteiger partial charge in [0.2, 0.25) is 5.89 Å². The first-order valence-corrected chi connectivity index (χ1v) is 12.6. The Morgan fingerprint density at radius 2 is 1.59 bits per heavy atom. The van der Waals surface area contributed by atoms with Crippen molar-refractivity contribution >= 4 is 15.7 Å². The minimum atomic E-state index is -3.55. The number of sulfone groups is 1. The molecule has 0 saturated heterocycles. The number of benzene rings is 3. The molecule has 0 bridgehead atoms. The van der Waals surface area contributed by atoms with Gasteiger partial charge in [0.15, 0.2) is 9.84 Å². The van der Waals surface area contributed by atoms with E-state index in [-0.39, 0.29) is 22.6 Å². The summed E-state index contributed by atoms with van der Waals surface area (Å²) in [6, 6.07) is 23.2. The van der Waals surface area contributed by atoms with Gasteiger partial charge >= 0.3 is 0 Å². The number of carbonyl (C=O) groups excluding carboxylic acids is 1. The van der Waals surface area contributed by atoms with Crippen LogP contribution in [0.2, 0.25) is 0 Å². The first-order chi connectivity index (χ1) is 16.2. The maximum Gasteiger partial charge on any atom is 0.251 e. The number of carbonyl (C=O) groups is 1. The predicted octanol–water partition coefficient (Wildman–Crippen LogP) is 5.42. The van der Waals surface area contributed by atoms with Gasteiger partial charge in [-0.2, -0.15) is 0 Å². The quantitative estimate of drug-likeness (QED) is 0.386. The van der Waals surface area contributed by atoms with Crippen LogP contribution in [0.5, 0.6) is 0 Å². The maximum absolute atomic E-state index is 12.8. The van der Waals surface area contributed by atoms with Crippen molar-refractivity contribution in [2.75, 3.05) is 0 Å². The molecule has 1 amide bonds. The van der Waals surface area contributed by atoms with Crippen molar-refractivity contribution in [3.63, 3.8) is 0 Å². The summed E-state index contributed by atoms with van der Waals surface area (Å²) in [6.45, 7) is 5.54. The lowest BCUT2D eigenvalue weighted by Gasteiger charge is -2.14. The van der Waals surface area contributed by atoms with Gasteiger partial charge in [0.25, 0.3) is 5.91 Å². The monoisotopic (exact) mass is 474 g/mol. The van der Waals surface area contributed by atoms with E-state index in [1.165, 1.54) is 0 Å². The lowest BCUT2D eigenvalue weighted by Crippen LogP contribution is -2.26. The Bertz CT molecular complexity index is 1390. The Kier molecular flexibility index (Phi) is 6.65. The summed E-state index contributed by atoms with van der Waals surface area (Å²) in [5.74, 6) is 0.334. The normalized spacial score (nSPS) is 12.3. The number of hydrogen-bond acceptors (Lipinski definition) is 5. The van der Waals surface area contributed by atoms with Gasteiger partial charge in [-0.25, -0.2) is 13.4 Å². The Morgan fingerprint density at radius 1 is 0.941 bits per heavy atom. The molecular weight excluding hydrogens is 448 g/mol. The second-order valence-corrected chi connectivity index (χ2v) is 10.3. The third-order valence-corrected chi connectivity index (χ3v) is 7.28. The Hall–Kier alpha value is -3.71. The molecular formula is C27H26N2O4S. The number of hydrogen-bond donors (Lipinski definition) is 1. The Morgan fingerprint density at radius 3 is 2.24 bits per heavy atom. The summed E-state index contributed by atoms with van der Waals surface area (Å²) >= 11 is 0. The summed E-state index contributed by atoms with van der Waals surface area (Å²) < 4.78 is 31.3. The fourth-order valence-electron chi connectivity index (χ4n) is 3.56. The van der Waals surface area contributed by atoms with Gasteiger partial charge in [0.05, 0.1) is 16.6 Å². The zero-order valence-corrected chi connectivity index (χ0v) is 20.1. The van der Waals surface area contributed by atoms with Crippen molar-refractivity contribution in [3.05, 3.63) is 107 Å². The average Bonchev–Trinajstić information content (AvgIpc) is 3.19. The topological polar surface area (TPSA) is 89.3 Å². The molecule has 7 heteroatoms. The smallest absolute Gasteiger partial charge is 0.251 e. The number of nitrogens with one attached hydrogen (secondary N) is 1. The van der Waals surface area contributed by atoms with Crippen molar-refractivity contribution < 1.29 is 17.6 Å². The first kappa shape index (κ1) is 23.4. The molecule has 6 nitrogen and oxygen atoms in total. The molecule has 0 aliphatic rings. The summed E-state index contributed by atoms with van der Waals surface area (Å²) in [6.07, 6.45) is 0. The van der Waals surface area contributed by atoms with Gasteiger partial charge in [0, 0.05) is 11.1 Å². The molecule has 1 N–H and O–H groups in total. The first-order valence-electron chi connectivity index (χ1n) is 10.9. The maximum atomic E-state index is 12.8. The molecule has 0 unspecified atom stereocenters. The van der Waals surface area contributed by atoms with Crippen molar-refractivity contribution in [1.29, 1.82) is 0 Å². The number of aromatic nitrogens is 1. The zero-order chi connectivity index (χ0) is 24.3. The van der Waals surface area contributed by atoms with Gasteiger partial charge in [-0.15, -0.1) is 0 Å². The van der Waals surface area contributed by atoms with Crippen LogP contribution in [0.1, 0.15) is 45.9 Å². The van der Waals surface area contributed by atoms with Crippen LogP contribution < -0.4 is 5.32 Å². The van der Waals surface area contributed by atoms with Crippen LogP contribution in [-0.2, 0) is 15.6 Å². The SMILES string of the molecule is Cc1ccc(S(=O)(=O)Cc2nc(-c3ccc(C(=O)N[C@H](C)c4ccccc4)cc3)oc2C)cc1. The molecule has 0 fully saturated rings. The fraction of sp³-hybridized carbons (Fsp3) is 0.185. The molecule has 4 aromatic rings. The molecule has 0 aliphatic heterocycles. The summed E-state index contributed by atoms with van der Waals surface area (Å²) in [5, 5.41) is 2.98. The van der Waals surface area contributed by atoms with Crippen LogP contribution in [0.3, 0.4) is 0 Å². The van der Waals surface area contributed by atoms with Gasteiger partial charge in [-0.1, -0.05) is 48.0 Å². The van der Waals surface area contributed by atoms with Crippen LogP contribution in [0, 0.1) is 13.8 Å². The molecule has 4 rings (SSSR count). The molecule has 174 valence electrons. The van der Waals surface area contributed by atoms with E-state index >= 15 is 0 Å². The van der Waals surface area contributed by atoms with Gasteiger partial charge in [-0.3, -0.25) is 4.79 Å². The van der Waals surface area contributed by atoms with Gasteiger partial charge < -0.3 is 9.73 Å². The van der Waals surface area contributed by atoms with Gasteiger partial charge in [-0.05, 0) is 62.7 Å². The van der Waals surface area contributed by atoms with E-state index in [4.69, 9.17) is 4.42 Å². The molecule has 0 spiro atoms. The summed E-state index contributed by atoms with van der Waals surface area (Å²) in [4.78, 5) is 17.3. The average molecular weight is 475 g/mol. The van der Waals surface area contributed by atoms with Crippen LogP contribution in [0.4, 0.5) is 0 Å². The molecule has 1 atom stereocenters. The predicted molar refractivity (Wildman–Crippen MR) is 131 cm³/mol. The molecule has 34 heavy (non-hydrogen) atoms. The van der Waals surface area contributed by atoms with Crippen molar-refractivity contribution in [2.45, 2.75) is 37.5 Å². The lowest BCUT2D eigenvalue weighted by atomic mass is 10.1. The molecule has 1 aromatic heterocycles. The van der Waals surface area contributed by atoms with E-state index in [1.54, 1.807) is 55.5 Å². The molecule has 3 aromatic carbocycles. The minimum absolute atomic E-state index is 0.124. The van der Waals surface area contributed by atoms with E-state index in [1.807, 2.05) is 44.2 Å². The highest BCUT2D eigenvalue weighted by atomic mass is 32.2. The largest absolute Gasteiger partial charge is 0.441 e. The van der Waals surface area contributed by atoms with Crippen molar-refractivity contribution in [3.8, 4) is 11.5 Å². The summed E-state index contributed by atoms with van der Waals surface area (Å²) in [5.41, 5.74) is 3.56. The highest BCUT2D eigenvalue weighted by molar-refractivity contribution is 7.90. The second kappa shape index (κ2) is 9.65. The van der Waals surface area contributed by atoms with E-state index in [2.05, 4.69) is 10.3 Å². The number of rotatable bonds is 7. The third-order valence-electron chi connectivity index (χ3n) is 5.64. The molecule has 1 heterocycles. The van der Waals surface area contributed by atoms with Crippen molar-refractivity contribution in [1.82, 2.24) is 10.3 Å². The zero-order valence-electron chi connectivity index (χ0n) is 19.3. The molecule has 0 aliphatic carbocycles. The second-order valence-electron chi connectivity index (χ2n) is 8.28. The third kappa shape index (κ3) is 5.26. The van der Waals surface area contributed by atoms with Gasteiger partial charge in [0.1, 0.15) is 11.5 Å². The lowest BCUT2D eigenvalue weighted by molar-refractivity contribution is 0.0940. The fourth-order valence-corrected chi connectivity index (χ4v) is 4.91. The number of nitrogens with zero attached hydrogens (tertiary/aromatic N) is 1. The van der Waals surface area contributed by atoms with Crippen molar-refractivity contribution in [2.24, 2.45) is 0 Å². The highest BCUT2D eigenvalue weighted by Gasteiger charge is 2.21. The number of oxazole rings is 1. The standard InChI is InChI=1S/C27H26N2O4S/c1-18-9-15-24(16-10-18)34(31,32)17-25-20(3)33-27(29-25)23-13-11-22(12-14-23)26(30)28-19(2)21-7-5-4-6-8-21/h4-16,19H,17H2,1-3H3,(H,28,30)/t19-/m1/s1. The van der Waals surface area contributed by atoms with E-state index < -0.39 is 9.84 Å². The van der Waals surface area contributed by atoms with Crippen LogP contribution in [0.25, 0.3) is 11.5 Å². The molecule has 0 saturated carbocycles.